The van der Waals surface area contributed by atoms with Gasteiger partial charge in [0.25, 0.3) is 0 Å². The van der Waals surface area contributed by atoms with E-state index in [0.717, 1.165) is 30.6 Å². The second kappa shape index (κ2) is 5.99. The van der Waals surface area contributed by atoms with Crippen molar-refractivity contribution in [1.82, 2.24) is 4.90 Å². The Kier molecular flexibility index (Phi) is 4.35. The van der Waals surface area contributed by atoms with Crippen molar-refractivity contribution in [2.75, 3.05) is 19.6 Å². The fourth-order valence-corrected chi connectivity index (χ4v) is 3.06. The molecule has 1 fully saturated rings. The minimum absolute atomic E-state index is 0.310. The van der Waals surface area contributed by atoms with Gasteiger partial charge in [-0.2, -0.15) is 5.26 Å². The molecular formula is C15H21N3. The molecule has 1 aliphatic heterocycles. The van der Waals surface area contributed by atoms with Crippen molar-refractivity contribution in [2.24, 2.45) is 11.7 Å². The maximum absolute atomic E-state index is 9.27. The van der Waals surface area contributed by atoms with Crippen molar-refractivity contribution in [3.05, 3.63) is 35.4 Å². The largest absolute Gasteiger partial charge is 0.330 e. The maximum atomic E-state index is 9.27. The number of likely N-dealkylation sites (tertiary alicyclic amines) is 1. The number of nitrogens with two attached hydrogens (primary N) is 1. The summed E-state index contributed by atoms with van der Waals surface area (Å²) in [6.07, 6.45) is 2.37. The van der Waals surface area contributed by atoms with Gasteiger partial charge < -0.3 is 5.73 Å². The highest BCUT2D eigenvalue weighted by atomic mass is 15.2. The van der Waals surface area contributed by atoms with E-state index in [9.17, 15) is 5.26 Å². The fraction of sp³-hybridized carbons (Fsp3) is 0.533. The number of benzene rings is 1. The minimum atomic E-state index is 0.310. The molecule has 1 aromatic rings. The molecular weight excluding hydrogens is 222 g/mol. The molecule has 1 aromatic carbocycles. The van der Waals surface area contributed by atoms with E-state index in [2.05, 4.69) is 24.0 Å². The van der Waals surface area contributed by atoms with Crippen LogP contribution in [0, 0.1) is 17.2 Å². The van der Waals surface area contributed by atoms with Crippen LogP contribution in [0.15, 0.2) is 24.3 Å². The van der Waals surface area contributed by atoms with Gasteiger partial charge in [0.15, 0.2) is 0 Å². The lowest BCUT2D eigenvalue weighted by Gasteiger charge is -2.41. The molecule has 0 amide bonds. The van der Waals surface area contributed by atoms with Crippen LogP contribution < -0.4 is 5.73 Å². The number of hydrogen-bond donors (Lipinski definition) is 1. The average molecular weight is 243 g/mol. The van der Waals surface area contributed by atoms with Crippen molar-refractivity contribution in [3.8, 4) is 6.07 Å². The van der Waals surface area contributed by atoms with E-state index < -0.39 is 0 Å². The number of nitrogens with zero attached hydrogens (tertiary/aromatic N) is 2. The lowest BCUT2D eigenvalue weighted by atomic mass is 9.83. The molecule has 0 radical (unpaired) electrons. The third kappa shape index (κ3) is 2.40. The Hall–Kier alpha value is -1.37. The molecule has 0 aromatic heterocycles. The Morgan fingerprint density at radius 3 is 2.89 bits per heavy atom. The van der Waals surface area contributed by atoms with Gasteiger partial charge in [0.1, 0.15) is 0 Å². The Labute approximate surface area is 109 Å². The lowest BCUT2D eigenvalue weighted by molar-refractivity contribution is 0.102. The van der Waals surface area contributed by atoms with E-state index in [1.54, 1.807) is 0 Å². The smallest absolute Gasteiger partial charge is 0.0995 e. The zero-order valence-electron chi connectivity index (χ0n) is 11.0. The number of nitriles is 1. The van der Waals surface area contributed by atoms with Gasteiger partial charge in [0.2, 0.25) is 0 Å². The first-order valence-electron chi connectivity index (χ1n) is 6.75. The second-order valence-electron chi connectivity index (χ2n) is 4.91. The molecule has 0 spiro atoms. The summed E-state index contributed by atoms with van der Waals surface area (Å²) >= 11 is 0. The fourth-order valence-electron chi connectivity index (χ4n) is 3.06. The van der Waals surface area contributed by atoms with E-state index in [0.29, 0.717) is 18.5 Å². The quantitative estimate of drug-likeness (QED) is 0.886. The molecule has 3 nitrogen and oxygen atoms in total. The van der Waals surface area contributed by atoms with Gasteiger partial charge in [-0.05, 0) is 50.0 Å². The normalized spacial score (nSPS) is 24.7. The van der Waals surface area contributed by atoms with E-state index >= 15 is 0 Å². The summed E-state index contributed by atoms with van der Waals surface area (Å²) in [5.74, 6) is 0.466. The molecule has 0 aliphatic carbocycles. The van der Waals surface area contributed by atoms with Crippen LogP contribution >= 0.6 is 0 Å². The molecule has 1 saturated heterocycles. The van der Waals surface area contributed by atoms with Crippen LogP contribution in [0.1, 0.15) is 36.9 Å². The summed E-state index contributed by atoms with van der Waals surface area (Å²) in [6, 6.07) is 10.6. The van der Waals surface area contributed by atoms with Crippen LogP contribution in [0.3, 0.4) is 0 Å². The Morgan fingerprint density at radius 2 is 2.22 bits per heavy atom. The first-order chi connectivity index (χ1) is 8.81. The monoisotopic (exact) mass is 243 g/mol. The first-order valence-corrected chi connectivity index (χ1v) is 6.75. The summed E-state index contributed by atoms with van der Waals surface area (Å²) in [7, 11) is 0. The maximum Gasteiger partial charge on any atom is 0.0995 e. The molecule has 18 heavy (non-hydrogen) atoms. The summed E-state index contributed by atoms with van der Waals surface area (Å²) < 4.78 is 0. The van der Waals surface area contributed by atoms with Gasteiger partial charge in [-0.1, -0.05) is 25.1 Å². The number of piperidine rings is 1. The zero-order chi connectivity index (χ0) is 13.0. The third-order valence-corrected chi connectivity index (χ3v) is 3.97. The highest BCUT2D eigenvalue weighted by molar-refractivity contribution is 5.40. The molecule has 3 heteroatoms. The van der Waals surface area contributed by atoms with Crippen molar-refractivity contribution < 1.29 is 0 Å². The van der Waals surface area contributed by atoms with Crippen LogP contribution in [-0.4, -0.2) is 24.5 Å². The van der Waals surface area contributed by atoms with Gasteiger partial charge >= 0.3 is 0 Å². The molecule has 2 N–H and O–H groups in total. The van der Waals surface area contributed by atoms with E-state index in [-0.39, 0.29) is 0 Å². The standard InChI is InChI=1S/C15H21N3/c1-2-18-9-5-7-13(11-17)15(18)14-8-4-3-6-12(14)10-16/h3-4,6,8,13,15H,2,5,7,9,11,17H2,1H3. The van der Waals surface area contributed by atoms with Crippen LogP contribution in [0.2, 0.25) is 0 Å². The molecule has 96 valence electrons. The lowest BCUT2D eigenvalue weighted by Crippen LogP contribution is -2.41. The topological polar surface area (TPSA) is 53.0 Å². The molecule has 2 unspecified atom stereocenters. The van der Waals surface area contributed by atoms with Crippen LogP contribution in [0.25, 0.3) is 0 Å². The average Bonchev–Trinajstić information content (AvgIpc) is 2.46. The van der Waals surface area contributed by atoms with Gasteiger partial charge in [-0.15, -0.1) is 0 Å². The summed E-state index contributed by atoms with van der Waals surface area (Å²) in [6.45, 7) is 5.00. The number of rotatable bonds is 3. The Bertz CT molecular complexity index is 424. The van der Waals surface area contributed by atoms with Gasteiger partial charge in [0.05, 0.1) is 11.6 Å². The van der Waals surface area contributed by atoms with Gasteiger partial charge in [-0.3, -0.25) is 4.90 Å². The van der Waals surface area contributed by atoms with Crippen molar-refractivity contribution in [2.45, 2.75) is 25.8 Å². The van der Waals surface area contributed by atoms with Crippen LogP contribution in [0.5, 0.6) is 0 Å². The Morgan fingerprint density at radius 1 is 1.44 bits per heavy atom. The van der Waals surface area contributed by atoms with Crippen LogP contribution in [-0.2, 0) is 0 Å². The predicted octanol–water partition coefficient (Wildman–Crippen LogP) is 2.29. The zero-order valence-corrected chi connectivity index (χ0v) is 11.0. The van der Waals surface area contributed by atoms with Crippen molar-refractivity contribution >= 4 is 0 Å². The van der Waals surface area contributed by atoms with E-state index in [4.69, 9.17) is 5.73 Å². The highest BCUT2D eigenvalue weighted by Gasteiger charge is 2.32. The molecule has 2 atom stereocenters. The Balaban J connectivity index is 2.40. The second-order valence-corrected chi connectivity index (χ2v) is 4.91. The minimum Gasteiger partial charge on any atom is -0.330 e. The SMILES string of the molecule is CCN1CCCC(CN)C1c1ccccc1C#N. The van der Waals surface area contributed by atoms with Crippen molar-refractivity contribution in [1.29, 1.82) is 5.26 Å². The van der Waals surface area contributed by atoms with E-state index in [1.807, 2.05) is 18.2 Å². The summed E-state index contributed by atoms with van der Waals surface area (Å²) in [4.78, 5) is 2.46. The van der Waals surface area contributed by atoms with Gasteiger partial charge in [-0.25, -0.2) is 0 Å². The molecule has 0 bridgehead atoms. The highest BCUT2D eigenvalue weighted by Crippen LogP contribution is 2.36. The third-order valence-electron chi connectivity index (χ3n) is 3.97. The molecule has 1 heterocycles. The number of hydrogen-bond acceptors (Lipinski definition) is 3. The summed E-state index contributed by atoms with van der Waals surface area (Å²) in [5.41, 5.74) is 7.87. The van der Waals surface area contributed by atoms with E-state index in [1.165, 1.54) is 6.42 Å². The molecule has 0 saturated carbocycles. The predicted molar refractivity (Wildman–Crippen MR) is 72.9 cm³/mol. The van der Waals surface area contributed by atoms with Gasteiger partial charge in [0, 0.05) is 6.04 Å². The van der Waals surface area contributed by atoms with Crippen LogP contribution in [0.4, 0.5) is 0 Å². The first kappa shape index (κ1) is 13.1. The molecule has 1 aliphatic rings. The van der Waals surface area contributed by atoms with Crippen molar-refractivity contribution in [3.63, 3.8) is 0 Å². The summed E-state index contributed by atoms with van der Waals surface area (Å²) in [5, 5.41) is 9.27. The molecule has 2 rings (SSSR count).